The van der Waals surface area contributed by atoms with Crippen molar-refractivity contribution in [2.45, 2.75) is 18.9 Å². The summed E-state index contributed by atoms with van der Waals surface area (Å²) in [5, 5.41) is 4.00. The van der Waals surface area contributed by atoms with Gasteiger partial charge < -0.3 is 10.6 Å². The molecule has 0 radical (unpaired) electrons. The van der Waals surface area contributed by atoms with E-state index < -0.39 is 16.2 Å². The fraction of sp³-hybridized carbons (Fsp3) is 0.636. The summed E-state index contributed by atoms with van der Waals surface area (Å²) in [7, 11) is -0.356. The molecular formula is C11H20N6O3S. The van der Waals surface area contributed by atoms with Gasteiger partial charge in [-0.3, -0.25) is 4.68 Å². The summed E-state index contributed by atoms with van der Waals surface area (Å²) >= 11 is 0. The Labute approximate surface area is 123 Å². The van der Waals surface area contributed by atoms with Crippen molar-refractivity contribution in [2.75, 3.05) is 24.4 Å². The van der Waals surface area contributed by atoms with E-state index in [0.29, 0.717) is 18.5 Å². The Morgan fingerprint density at radius 1 is 1.43 bits per heavy atom. The van der Waals surface area contributed by atoms with E-state index in [1.54, 1.807) is 13.2 Å². The molecule has 0 saturated carbocycles. The van der Waals surface area contributed by atoms with Gasteiger partial charge in [0, 0.05) is 19.3 Å². The van der Waals surface area contributed by atoms with Crippen LogP contribution in [0.25, 0.3) is 0 Å². The van der Waals surface area contributed by atoms with Gasteiger partial charge in [0.25, 0.3) is 0 Å². The highest BCUT2D eigenvalue weighted by Gasteiger charge is 2.33. The SMILES string of the molecule is CN1CCC(N(c2cnn(C)c2)S(=O)(=O)NC(N)=O)CC1. The number of aromatic nitrogens is 2. The lowest BCUT2D eigenvalue weighted by Gasteiger charge is -2.36. The van der Waals surface area contributed by atoms with Gasteiger partial charge in [0.2, 0.25) is 0 Å². The maximum Gasteiger partial charge on any atom is 0.327 e. The maximum absolute atomic E-state index is 12.4. The minimum absolute atomic E-state index is 0.234. The molecule has 0 aromatic carbocycles. The molecule has 0 bridgehead atoms. The minimum Gasteiger partial charge on any atom is -0.351 e. The number of primary amides is 1. The van der Waals surface area contributed by atoms with Crippen LogP contribution < -0.4 is 14.8 Å². The highest BCUT2D eigenvalue weighted by Crippen LogP contribution is 2.25. The largest absolute Gasteiger partial charge is 0.351 e. The number of nitrogens with one attached hydrogen (secondary N) is 1. The molecule has 0 aliphatic carbocycles. The van der Waals surface area contributed by atoms with Crippen LogP contribution in [0.15, 0.2) is 12.4 Å². The first kappa shape index (κ1) is 15.6. The molecule has 1 fully saturated rings. The van der Waals surface area contributed by atoms with Gasteiger partial charge in [-0.15, -0.1) is 0 Å². The van der Waals surface area contributed by atoms with Crippen molar-refractivity contribution < 1.29 is 13.2 Å². The highest BCUT2D eigenvalue weighted by atomic mass is 32.2. The predicted molar refractivity (Wildman–Crippen MR) is 77.8 cm³/mol. The second-order valence-electron chi connectivity index (χ2n) is 5.17. The fourth-order valence-electron chi connectivity index (χ4n) is 2.47. The zero-order chi connectivity index (χ0) is 15.6. The highest BCUT2D eigenvalue weighted by molar-refractivity contribution is 7.91. The molecule has 0 unspecified atom stereocenters. The van der Waals surface area contributed by atoms with Crippen LogP contribution in [-0.4, -0.2) is 55.3 Å². The maximum atomic E-state index is 12.4. The monoisotopic (exact) mass is 316 g/mol. The van der Waals surface area contributed by atoms with Gasteiger partial charge in [-0.05, 0) is 33.0 Å². The lowest BCUT2D eigenvalue weighted by atomic mass is 10.1. The van der Waals surface area contributed by atoms with Gasteiger partial charge >= 0.3 is 16.2 Å². The number of likely N-dealkylation sites (tertiary alicyclic amines) is 1. The van der Waals surface area contributed by atoms with Gasteiger partial charge in [0.15, 0.2) is 0 Å². The topological polar surface area (TPSA) is 114 Å². The molecule has 3 N–H and O–H groups in total. The molecular weight excluding hydrogens is 296 g/mol. The van der Waals surface area contributed by atoms with Crippen LogP contribution in [0.2, 0.25) is 0 Å². The van der Waals surface area contributed by atoms with Crippen molar-refractivity contribution in [2.24, 2.45) is 12.8 Å². The number of nitrogens with zero attached hydrogens (tertiary/aromatic N) is 4. The summed E-state index contributed by atoms with van der Waals surface area (Å²) in [5.74, 6) is 0. The molecule has 2 amide bonds. The van der Waals surface area contributed by atoms with E-state index in [4.69, 9.17) is 5.73 Å². The number of hydrogen-bond donors (Lipinski definition) is 2. The van der Waals surface area contributed by atoms with Crippen molar-refractivity contribution in [3.8, 4) is 0 Å². The van der Waals surface area contributed by atoms with Crippen molar-refractivity contribution in [3.05, 3.63) is 12.4 Å². The van der Waals surface area contributed by atoms with Crippen molar-refractivity contribution in [3.63, 3.8) is 0 Å². The van der Waals surface area contributed by atoms with Crippen LogP contribution in [0.4, 0.5) is 10.5 Å². The molecule has 1 aliphatic rings. The van der Waals surface area contributed by atoms with E-state index in [9.17, 15) is 13.2 Å². The second kappa shape index (κ2) is 5.90. The number of urea groups is 1. The molecule has 9 nitrogen and oxygen atoms in total. The normalized spacial score (nSPS) is 17.6. The zero-order valence-corrected chi connectivity index (χ0v) is 12.9. The summed E-state index contributed by atoms with van der Waals surface area (Å²) in [4.78, 5) is 13.1. The Morgan fingerprint density at radius 2 is 2.05 bits per heavy atom. The molecule has 10 heteroatoms. The smallest absolute Gasteiger partial charge is 0.327 e. The molecule has 1 aromatic heterocycles. The summed E-state index contributed by atoms with van der Waals surface area (Å²) in [6, 6.07) is -1.33. The Hall–Kier alpha value is -1.81. The number of carbonyl (C=O) groups excluding carboxylic acids is 1. The summed E-state index contributed by atoms with van der Waals surface area (Å²) < 4.78 is 29.3. The molecule has 0 spiro atoms. The molecule has 2 rings (SSSR count). The first-order valence-electron chi connectivity index (χ1n) is 6.58. The molecule has 118 valence electrons. The molecule has 2 heterocycles. The van der Waals surface area contributed by atoms with Crippen molar-refractivity contribution in [1.82, 2.24) is 19.4 Å². The Bertz CT molecular complexity index is 605. The van der Waals surface area contributed by atoms with Crippen molar-refractivity contribution >= 4 is 21.9 Å². The van der Waals surface area contributed by atoms with Gasteiger partial charge in [-0.25, -0.2) is 13.8 Å². The minimum atomic E-state index is -4.04. The Morgan fingerprint density at radius 3 is 2.52 bits per heavy atom. The number of anilines is 1. The number of aryl methyl sites for hydroxylation is 1. The molecule has 21 heavy (non-hydrogen) atoms. The van der Waals surface area contributed by atoms with Crippen LogP contribution in [0.3, 0.4) is 0 Å². The van der Waals surface area contributed by atoms with Crippen LogP contribution in [0.5, 0.6) is 0 Å². The number of nitrogens with two attached hydrogens (primary N) is 1. The number of piperidine rings is 1. The van der Waals surface area contributed by atoms with E-state index in [0.717, 1.165) is 13.1 Å². The van der Waals surface area contributed by atoms with Crippen molar-refractivity contribution in [1.29, 1.82) is 0 Å². The van der Waals surface area contributed by atoms with E-state index >= 15 is 0 Å². The average molecular weight is 316 g/mol. The average Bonchev–Trinajstić information content (AvgIpc) is 2.76. The van der Waals surface area contributed by atoms with Gasteiger partial charge in [0.05, 0.1) is 11.9 Å². The third kappa shape index (κ3) is 3.64. The molecule has 1 saturated heterocycles. The zero-order valence-electron chi connectivity index (χ0n) is 12.1. The van der Waals surface area contributed by atoms with E-state index in [1.807, 2.05) is 11.8 Å². The summed E-state index contributed by atoms with van der Waals surface area (Å²) in [5.41, 5.74) is 5.38. The number of carbonyl (C=O) groups is 1. The van der Waals surface area contributed by atoms with Crippen LogP contribution in [0.1, 0.15) is 12.8 Å². The van der Waals surface area contributed by atoms with Crippen LogP contribution in [-0.2, 0) is 17.3 Å². The Kier molecular flexibility index (Phi) is 4.37. The lowest BCUT2D eigenvalue weighted by Crippen LogP contribution is -2.52. The van der Waals surface area contributed by atoms with Gasteiger partial charge in [0.1, 0.15) is 0 Å². The quantitative estimate of drug-likeness (QED) is 0.757. The summed E-state index contributed by atoms with van der Waals surface area (Å²) in [6.07, 6.45) is 4.40. The Balaban J connectivity index is 2.33. The number of amides is 2. The van der Waals surface area contributed by atoms with Gasteiger partial charge in [-0.2, -0.15) is 13.5 Å². The van der Waals surface area contributed by atoms with Gasteiger partial charge in [-0.1, -0.05) is 0 Å². The standard InChI is InChI=1S/C11H20N6O3S/c1-15-5-3-9(4-6-15)17(10-7-13-16(2)8-10)21(19,20)14-11(12)18/h7-9H,3-6H2,1-2H3,(H3,12,14,18). The predicted octanol–water partition coefficient (Wildman–Crippen LogP) is -0.766. The van der Waals surface area contributed by atoms with Crippen LogP contribution >= 0.6 is 0 Å². The first-order valence-corrected chi connectivity index (χ1v) is 8.02. The molecule has 1 aliphatic heterocycles. The molecule has 1 aromatic rings. The molecule has 0 atom stereocenters. The number of hydrogen-bond acceptors (Lipinski definition) is 5. The first-order chi connectivity index (χ1) is 9.79. The van der Waals surface area contributed by atoms with E-state index in [2.05, 4.69) is 10.00 Å². The number of rotatable bonds is 4. The van der Waals surface area contributed by atoms with E-state index in [-0.39, 0.29) is 6.04 Å². The lowest BCUT2D eigenvalue weighted by molar-refractivity contribution is 0.252. The summed E-state index contributed by atoms with van der Waals surface area (Å²) in [6.45, 7) is 1.57. The fourth-order valence-corrected chi connectivity index (χ4v) is 3.80. The van der Waals surface area contributed by atoms with E-state index in [1.165, 1.54) is 15.2 Å². The third-order valence-corrected chi connectivity index (χ3v) is 4.94. The second-order valence-corrected chi connectivity index (χ2v) is 6.72. The van der Waals surface area contributed by atoms with Crippen LogP contribution in [0, 0.1) is 0 Å². The third-order valence-electron chi connectivity index (χ3n) is 3.45.